The van der Waals surface area contributed by atoms with Crippen molar-refractivity contribution in [1.29, 1.82) is 0 Å². The Kier molecular flexibility index (Phi) is 4.71. The lowest BCUT2D eigenvalue weighted by atomic mass is 10.0. The van der Waals surface area contributed by atoms with Crippen LogP contribution >= 0.6 is 0 Å². The van der Waals surface area contributed by atoms with Crippen LogP contribution in [0.1, 0.15) is 36.2 Å². The molecule has 1 aliphatic heterocycles. The van der Waals surface area contributed by atoms with Crippen molar-refractivity contribution in [1.82, 2.24) is 4.57 Å². The van der Waals surface area contributed by atoms with Crippen molar-refractivity contribution in [3.8, 4) is 0 Å². The van der Waals surface area contributed by atoms with Gasteiger partial charge >= 0.3 is 5.97 Å². The van der Waals surface area contributed by atoms with E-state index in [0.717, 1.165) is 6.07 Å². The van der Waals surface area contributed by atoms with Crippen LogP contribution in [0.3, 0.4) is 0 Å². The summed E-state index contributed by atoms with van der Waals surface area (Å²) in [6, 6.07) is 0.807. The zero-order chi connectivity index (χ0) is 18.1. The molecule has 2 heterocycles. The molecule has 1 aromatic carbocycles. The molecule has 0 unspecified atom stereocenters. The van der Waals surface area contributed by atoms with Gasteiger partial charge in [0.25, 0.3) is 0 Å². The number of halogens is 2. The van der Waals surface area contributed by atoms with Gasteiger partial charge in [0.15, 0.2) is 11.6 Å². The second-order valence-electron chi connectivity index (χ2n) is 5.82. The number of pyridine rings is 1. The van der Waals surface area contributed by atoms with Gasteiger partial charge in [0.2, 0.25) is 5.43 Å². The summed E-state index contributed by atoms with van der Waals surface area (Å²) in [5.74, 6) is -3.27. The molecule has 0 radical (unpaired) electrons. The van der Waals surface area contributed by atoms with Gasteiger partial charge in [-0.3, -0.25) is 4.79 Å². The minimum absolute atomic E-state index is 0.0842. The Morgan fingerprint density at radius 1 is 1.40 bits per heavy atom. The highest BCUT2D eigenvalue weighted by molar-refractivity contribution is 5.98. The van der Waals surface area contributed by atoms with Gasteiger partial charge in [-0.1, -0.05) is 0 Å². The van der Waals surface area contributed by atoms with Crippen molar-refractivity contribution in [2.24, 2.45) is 0 Å². The summed E-state index contributed by atoms with van der Waals surface area (Å²) in [4.78, 5) is 24.8. The number of rotatable bonds is 3. The molecule has 1 saturated heterocycles. The van der Waals surface area contributed by atoms with Gasteiger partial charge in [0, 0.05) is 31.5 Å². The minimum Gasteiger partial charge on any atom is -0.462 e. The fourth-order valence-electron chi connectivity index (χ4n) is 3.10. The van der Waals surface area contributed by atoms with Crippen molar-refractivity contribution < 1.29 is 23.0 Å². The van der Waals surface area contributed by atoms with Crippen molar-refractivity contribution in [3.63, 3.8) is 0 Å². The molecule has 0 spiro atoms. The average Bonchev–Trinajstić information content (AvgIpc) is 2.60. The number of anilines is 1. The van der Waals surface area contributed by atoms with Crippen LogP contribution in [0.25, 0.3) is 10.9 Å². The summed E-state index contributed by atoms with van der Waals surface area (Å²) in [6.45, 7) is 2.68. The first-order chi connectivity index (χ1) is 12.0. The van der Waals surface area contributed by atoms with Crippen molar-refractivity contribution in [2.75, 3.05) is 25.6 Å². The molecule has 134 valence electrons. The molecule has 6 nitrogen and oxygen atoms in total. The second kappa shape index (κ2) is 6.79. The number of hydrogen-bond donors (Lipinski definition) is 1. The Hall–Kier alpha value is -2.48. The van der Waals surface area contributed by atoms with Gasteiger partial charge in [-0.15, -0.1) is 0 Å². The molecule has 3 rings (SSSR count). The second-order valence-corrected chi connectivity index (χ2v) is 5.82. The maximum absolute atomic E-state index is 13.9. The third kappa shape index (κ3) is 2.97. The van der Waals surface area contributed by atoms with E-state index in [4.69, 9.17) is 15.2 Å². The smallest absolute Gasteiger partial charge is 0.343 e. The molecule has 1 aliphatic rings. The van der Waals surface area contributed by atoms with E-state index in [1.165, 1.54) is 6.20 Å². The van der Waals surface area contributed by atoms with E-state index >= 15 is 0 Å². The summed E-state index contributed by atoms with van der Waals surface area (Å²) in [7, 11) is 0. The Morgan fingerprint density at radius 3 is 2.72 bits per heavy atom. The lowest BCUT2D eigenvalue weighted by Gasteiger charge is -2.27. The Labute approximate surface area is 142 Å². The van der Waals surface area contributed by atoms with E-state index in [0.29, 0.717) is 26.1 Å². The molecule has 0 atom stereocenters. The molecule has 0 saturated carbocycles. The van der Waals surface area contributed by atoms with Gasteiger partial charge in [-0.05, 0) is 19.8 Å². The number of nitrogens with zero attached hydrogens (tertiary/aromatic N) is 1. The number of esters is 1. The van der Waals surface area contributed by atoms with Gasteiger partial charge in [-0.2, -0.15) is 0 Å². The zero-order valence-corrected chi connectivity index (χ0v) is 13.7. The Morgan fingerprint density at radius 2 is 2.08 bits per heavy atom. The quantitative estimate of drug-likeness (QED) is 0.677. The lowest BCUT2D eigenvalue weighted by Crippen LogP contribution is -2.26. The summed E-state index contributed by atoms with van der Waals surface area (Å²) in [6.07, 6.45) is 2.56. The highest BCUT2D eigenvalue weighted by atomic mass is 19.2. The largest absolute Gasteiger partial charge is 0.462 e. The monoisotopic (exact) mass is 352 g/mol. The molecule has 2 N–H and O–H groups in total. The molecule has 1 aromatic heterocycles. The highest BCUT2D eigenvalue weighted by Crippen LogP contribution is 2.30. The molecule has 0 amide bonds. The fraction of sp³-hybridized carbons (Fsp3) is 0.412. The Bertz CT molecular complexity index is 889. The number of fused-ring (bicyclic) bond motifs is 1. The minimum atomic E-state index is -1.30. The zero-order valence-electron chi connectivity index (χ0n) is 13.7. The Balaban J connectivity index is 2.34. The number of carbonyl (C=O) groups excluding carboxylic acids is 1. The number of benzene rings is 1. The number of ether oxygens (including phenoxy) is 2. The predicted molar refractivity (Wildman–Crippen MR) is 87.6 cm³/mol. The SMILES string of the molecule is CCOC(=O)c1cn(C2CCOCC2)c2cc(F)c(F)c(N)c2c1=O. The summed E-state index contributed by atoms with van der Waals surface area (Å²) in [5.41, 5.74) is 4.18. The van der Waals surface area contributed by atoms with Crippen LogP contribution in [0.5, 0.6) is 0 Å². The van der Waals surface area contributed by atoms with E-state index in [2.05, 4.69) is 0 Å². The maximum Gasteiger partial charge on any atom is 0.343 e. The molecular formula is C17H18F2N2O4. The molecule has 2 aromatic rings. The van der Waals surface area contributed by atoms with E-state index in [-0.39, 0.29) is 29.1 Å². The summed E-state index contributed by atoms with van der Waals surface area (Å²) >= 11 is 0. The van der Waals surface area contributed by atoms with Crippen LogP contribution in [0.4, 0.5) is 14.5 Å². The number of aromatic nitrogens is 1. The molecule has 0 aliphatic carbocycles. The van der Waals surface area contributed by atoms with Crippen LogP contribution < -0.4 is 11.2 Å². The number of nitrogens with two attached hydrogens (primary N) is 1. The number of carbonyl (C=O) groups is 1. The van der Waals surface area contributed by atoms with Gasteiger partial charge in [0.05, 0.1) is 23.2 Å². The predicted octanol–water partition coefficient (Wildman–Crippen LogP) is 2.39. The average molecular weight is 352 g/mol. The van der Waals surface area contributed by atoms with Crippen molar-refractivity contribution in [3.05, 3.63) is 39.7 Å². The molecular weight excluding hydrogens is 334 g/mol. The van der Waals surface area contributed by atoms with E-state index in [1.54, 1.807) is 11.5 Å². The van der Waals surface area contributed by atoms with Gasteiger partial charge in [-0.25, -0.2) is 13.6 Å². The fourth-order valence-corrected chi connectivity index (χ4v) is 3.10. The summed E-state index contributed by atoms with van der Waals surface area (Å²) < 4.78 is 39.6. The first-order valence-corrected chi connectivity index (χ1v) is 8.02. The van der Waals surface area contributed by atoms with E-state index in [1.807, 2.05) is 0 Å². The van der Waals surface area contributed by atoms with Crippen molar-refractivity contribution in [2.45, 2.75) is 25.8 Å². The molecule has 8 heteroatoms. The molecule has 1 fully saturated rings. The van der Waals surface area contributed by atoms with Crippen LogP contribution in [-0.4, -0.2) is 30.4 Å². The van der Waals surface area contributed by atoms with Gasteiger partial charge in [0.1, 0.15) is 5.56 Å². The van der Waals surface area contributed by atoms with Gasteiger partial charge < -0.3 is 19.8 Å². The highest BCUT2D eigenvalue weighted by Gasteiger charge is 2.25. The van der Waals surface area contributed by atoms with Crippen LogP contribution in [-0.2, 0) is 9.47 Å². The normalized spacial score (nSPS) is 15.5. The summed E-state index contributed by atoms with van der Waals surface area (Å²) in [5, 5.41) is -0.212. The standard InChI is InChI=1S/C17H18F2N2O4/c1-2-25-17(23)10-8-21(9-3-5-24-6-4-9)12-7-11(18)14(19)15(20)13(12)16(10)22/h7-9H,2-6,20H2,1H3. The molecule has 25 heavy (non-hydrogen) atoms. The number of hydrogen-bond acceptors (Lipinski definition) is 5. The van der Waals surface area contributed by atoms with Crippen molar-refractivity contribution >= 4 is 22.6 Å². The first kappa shape index (κ1) is 17.3. The number of nitrogen functional groups attached to an aromatic ring is 1. The van der Waals surface area contributed by atoms with E-state index in [9.17, 15) is 18.4 Å². The van der Waals surface area contributed by atoms with E-state index < -0.39 is 28.7 Å². The lowest BCUT2D eigenvalue weighted by molar-refractivity contribution is 0.0522. The van der Waals surface area contributed by atoms with Crippen LogP contribution in [0.2, 0.25) is 0 Å². The topological polar surface area (TPSA) is 83.6 Å². The third-order valence-electron chi connectivity index (χ3n) is 4.33. The first-order valence-electron chi connectivity index (χ1n) is 8.02. The third-order valence-corrected chi connectivity index (χ3v) is 4.33. The van der Waals surface area contributed by atoms with Crippen LogP contribution in [0, 0.1) is 11.6 Å². The maximum atomic E-state index is 13.9. The molecule has 0 bridgehead atoms. The van der Waals surface area contributed by atoms with Crippen LogP contribution in [0.15, 0.2) is 17.1 Å².